The van der Waals surface area contributed by atoms with Crippen molar-refractivity contribution in [3.63, 3.8) is 0 Å². The molecule has 3 aromatic rings. The molecule has 9 nitrogen and oxygen atoms in total. The lowest BCUT2D eigenvalue weighted by Crippen LogP contribution is -2.43. The van der Waals surface area contributed by atoms with Gasteiger partial charge in [-0.1, -0.05) is 0 Å². The number of hydrogen-bond acceptors (Lipinski definition) is 6. The van der Waals surface area contributed by atoms with Crippen molar-refractivity contribution in [3.05, 3.63) is 74.8 Å². The van der Waals surface area contributed by atoms with E-state index in [0.29, 0.717) is 11.5 Å². The van der Waals surface area contributed by atoms with E-state index in [0.717, 1.165) is 21.4 Å². The number of nitrogens with one attached hydrogen (secondary N) is 1. The molecule has 1 N–H and O–H groups in total. The van der Waals surface area contributed by atoms with E-state index < -0.39 is 28.7 Å². The average Bonchev–Trinajstić information content (AvgIpc) is 2.73. The minimum absolute atomic E-state index is 0.194. The highest BCUT2D eigenvalue weighted by molar-refractivity contribution is 6.03. The highest BCUT2D eigenvalue weighted by Crippen LogP contribution is 2.29. The van der Waals surface area contributed by atoms with Crippen LogP contribution in [-0.4, -0.2) is 34.5 Å². The fraction of sp³-hybridized carbons (Fsp3) is 0.158. The van der Waals surface area contributed by atoms with Gasteiger partial charge < -0.3 is 14.8 Å². The fourth-order valence-electron chi connectivity index (χ4n) is 2.56. The quantitative estimate of drug-likeness (QED) is 0.693. The average molecular weight is 400 g/mol. The molecule has 2 aromatic carbocycles. The molecule has 29 heavy (non-hydrogen) atoms. The Morgan fingerprint density at radius 3 is 2.38 bits per heavy atom. The van der Waals surface area contributed by atoms with Crippen molar-refractivity contribution in [3.8, 4) is 17.2 Å². The number of methoxy groups -OCH3 is 2. The van der Waals surface area contributed by atoms with Crippen LogP contribution >= 0.6 is 0 Å². The van der Waals surface area contributed by atoms with Crippen LogP contribution in [0.5, 0.6) is 11.5 Å². The van der Waals surface area contributed by atoms with Gasteiger partial charge in [0.25, 0.3) is 11.5 Å². The maximum Gasteiger partial charge on any atom is 0.351 e. The second-order valence-corrected chi connectivity index (χ2v) is 5.90. The first kappa shape index (κ1) is 19.8. The zero-order valence-electron chi connectivity index (χ0n) is 15.8. The predicted octanol–water partition coefficient (Wildman–Crippen LogP) is 1.34. The Kier molecular flexibility index (Phi) is 5.44. The van der Waals surface area contributed by atoms with Crippen LogP contribution in [0.2, 0.25) is 0 Å². The maximum absolute atomic E-state index is 13.2. The molecule has 0 atom stereocenters. The summed E-state index contributed by atoms with van der Waals surface area (Å²) in [5, 5.41) is 6.42. The molecule has 0 aliphatic carbocycles. The minimum Gasteiger partial charge on any atom is -0.497 e. The number of rotatable bonds is 5. The Bertz CT molecular complexity index is 1180. The lowest BCUT2D eigenvalue weighted by molar-refractivity contribution is 0.101. The van der Waals surface area contributed by atoms with E-state index in [4.69, 9.17) is 9.47 Å². The predicted molar refractivity (Wildman–Crippen MR) is 103 cm³/mol. The van der Waals surface area contributed by atoms with Gasteiger partial charge in [-0.05, 0) is 36.4 Å². The van der Waals surface area contributed by atoms with E-state index in [1.54, 1.807) is 12.1 Å². The van der Waals surface area contributed by atoms with Crippen molar-refractivity contribution in [2.45, 2.75) is 0 Å². The molecule has 0 bridgehead atoms. The molecule has 3 rings (SSSR count). The van der Waals surface area contributed by atoms with Crippen LogP contribution < -0.4 is 26.0 Å². The molecule has 1 amide bonds. The molecular weight excluding hydrogens is 383 g/mol. The summed E-state index contributed by atoms with van der Waals surface area (Å²) >= 11 is 0. The monoisotopic (exact) mass is 400 g/mol. The number of ether oxygens (including phenoxy) is 2. The van der Waals surface area contributed by atoms with Crippen molar-refractivity contribution in [2.75, 3.05) is 19.5 Å². The molecule has 150 valence electrons. The highest BCUT2D eigenvalue weighted by Gasteiger charge is 2.20. The molecule has 0 unspecified atom stereocenters. The first-order valence-corrected chi connectivity index (χ1v) is 8.35. The van der Waals surface area contributed by atoms with Crippen LogP contribution in [0.1, 0.15) is 10.5 Å². The lowest BCUT2D eigenvalue weighted by Gasteiger charge is -2.12. The van der Waals surface area contributed by atoms with Crippen molar-refractivity contribution in [2.24, 2.45) is 7.05 Å². The number of halogens is 1. The lowest BCUT2D eigenvalue weighted by atomic mass is 10.2. The van der Waals surface area contributed by atoms with Crippen molar-refractivity contribution >= 4 is 11.6 Å². The van der Waals surface area contributed by atoms with E-state index >= 15 is 0 Å². The molecule has 1 heterocycles. The third-order valence-corrected chi connectivity index (χ3v) is 4.12. The van der Waals surface area contributed by atoms with Gasteiger partial charge in [0, 0.05) is 13.1 Å². The number of benzene rings is 2. The number of carbonyl (C=O) groups excluding carboxylic acids is 1. The van der Waals surface area contributed by atoms with E-state index in [9.17, 15) is 18.8 Å². The molecule has 0 saturated carbocycles. The van der Waals surface area contributed by atoms with Crippen LogP contribution in [0.3, 0.4) is 0 Å². The van der Waals surface area contributed by atoms with Gasteiger partial charge >= 0.3 is 5.69 Å². The number of carbonyl (C=O) groups is 1. The van der Waals surface area contributed by atoms with Crippen molar-refractivity contribution in [1.82, 2.24) is 14.3 Å². The minimum atomic E-state index is -0.882. The van der Waals surface area contributed by atoms with Crippen LogP contribution in [-0.2, 0) is 7.05 Å². The van der Waals surface area contributed by atoms with Gasteiger partial charge in [0.15, 0.2) is 0 Å². The van der Waals surface area contributed by atoms with Gasteiger partial charge in [-0.2, -0.15) is 9.78 Å². The Balaban J connectivity index is 2.07. The smallest absolute Gasteiger partial charge is 0.351 e. The van der Waals surface area contributed by atoms with E-state index in [-0.39, 0.29) is 11.4 Å². The maximum atomic E-state index is 13.2. The Morgan fingerprint density at radius 1 is 1.07 bits per heavy atom. The third kappa shape index (κ3) is 3.86. The number of anilines is 1. The summed E-state index contributed by atoms with van der Waals surface area (Å²) < 4.78 is 25.1. The zero-order valence-corrected chi connectivity index (χ0v) is 15.8. The number of aromatic nitrogens is 3. The number of nitrogens with zero attached hydrogens (tertiary/aromatic N) is 3. The summed E-state index contributed by atoms with van der Waals surface area (Å²) in [5.41, 5.74) is -1.74. The third-order valence-electron chi connectivity index (χ3n) is 4.12. The molecule has 0 saturated heterocycles. The first-order valence-electron chi connectivity index (χ1n) is 8.35. The first-order chi connectivity index (χ1) is 13.8. The van der Waals surface area contributed by atoms with Gasteiger partial charge in [-0.15, -0.1) is 0 Å². The molecule has 1 aromatic heterocycles. The van der Waals surface area contributed by atoms with Crippen LogP contribution in [0, 0.1) is 5.82 Å². The van der Waals surface area contributed by atoms with Gasteiger partial charge in [0.05, 0.1) is 25.6 Å². The molecule has 0 radical (unpaired) electrons. The Labute approximate surface area is 163 Å². The largest absolute Gasteiger partial charge is 0.497 e. The summed E-state index contributed by atoms with van der Waals surface area (Å²) in [4.78, 5) is 37.6. The topological polar surface area (TPSA) is 104 Å². The summed E-state index contributed by atoms with van der Waals surface area (Å²) in [5.74, 6) is -0.566. The summed E-state index contributed by atoms with van der Waals surface area (Å²) in [6, 6.07) is 9.61. The van der Waals surface area contributed by atoms with Crippen LogP contribution in [0.4, 0.5) is 10.1 Å². The Hall–Kier alpha value is -3.95. The van der Waals surface area contributed by atoms with Gasteiger partial charge in [0.2, 0.25) is 5.69 Å². The standard InChI is InChI=1S/C19H17FN4O5/c1-23-18(26)16(22-24(19(23)27)12-6-4-11(20)5-7-12)17(25)21-14-10-13(28-2)8-9-15(14)29-3/h4-10H,1-3H3,(H,21,25). The highest BCUT2D eigenvalue weighted by atomic mass is 19.1. The van der Waals surface area contributed by atoms with E-state index in [2.05, 4.69) is 10.4 Å². The molecule has 10 heteroatoms. The molecule has 0 fully saturated rings. The number of amides is 1. The summed E-state index contributed by atoms with van der Waals surface area (Å²) in [7, 11) is 4.10. The molecule has 0 spiro atoms. The van der Waals surface area contributed by atoms with E-state index in [1.807, 2.05) is 0 Å². The van der Waals surface area contributed by atoms with Crippen LogP contribution in [0.25, 0.3) is 5.69 Å². The van der Waals surface area contributed by atoms with E-state index in [1.165, 1.54) is 39.5 Å². The van der Waals surface area contributed by atoms with Crippen molar-refractivity contribution < 1.29 is 18.7 Å². The zero-order chi connectivity index (χ0) is 21.1. The SMILES string of the molecule is COc1ccc(OC)c(NC(=O)c2nn(-c3ccc(F)cc3)c(=O)n(C)c2=O)c1. The molecule has 0 aliphatic heterocycles. The molecule has 0 aliphatic rings. The fourth-order valence-corrected chi connectivity index (χ4v) is 2.56. The second-order valence-electron chi connectivity index (χ2n) is 5.90. The Morgan fingerprint density at radius 2 is 1.76 bits per heavy atom. The van der Waals surface area contributed by atoms with Crippen LogP contribution in [0.15, 0.2) is 52.1 Å². The molecular formula is C19H17FN4O5. The summed E-state index contributed by atoms with van der Waals surface area (Å²) in [6.45, 7) is 0. The van der Waals surface area contributed by atoms with Crippen molar-refractivity contribution in [1.29, 1.82) is 0 Å². The second kappa shape index (κ2) is 7.97. The van der Waals surface area contributed by atoms with Gasteiger partial charge in [0.1, 0.15) is 17.3 Å². The van der Waals surface area contributed by atoms with Gasteiger partial charge in [-0.3, -0.25) is 14.2 Å². The summed E-state index contributed by atoms with van der Waals surface area (Å²) in [6.07, 6.45) is 0. The van der Waals surface area contributed by atoms with Gasteiger partial charge in [-0.25, -0.2) is 9.18 Å². The normalized spacial score (nSPS) is 10.5. The number of hydrogen-bond donors (Lipinski definition) is 1.